The highest BCUT2D eigenvalue weighted by Crippen LogP contribution is 2.29. The molecule has 1 aliphatic heterocycles. The van der Waals surface area contributed by atoms with Crippen molar-refractivity contribution < 1.29 is 9.32 Å². The number of carbonyl (C=O) groups is 1. The number of piperazine rings is 1. The van der Waals surface area contributed by atoms with Crippen LogP contribution in [-0.4, -0.2) is 29.1 Å². The lowest BCUT2D eigenvalue weighted by Gasteiger charge is -2.20. The summed E-state index contributed by atoms with van der Waals surface area (Å²) in [7, 11) is 0. The summed E-state index contributed by atoms with van der Waals surface area (Å²) in [6, 6.07) is -0.0532. The van der Waals surface area contributed by atoms with Gasteiger partial charge in [0.1, 0.15) is 6.04 Å². The van der Waals surface area contributed by atoms with Gasteiger partial charge in [-0.3, -0.25) is 10.1 Å². The van der Waals surface area contributed by atoms with Crippen LogP contribution in [-0.2, 0) is 4.79 Å². The molecule has 0 aromatic carbocycles. The van der Waals surface area contributed by atoms with E-state index in [1.54, 1.807) is 0 Å². The Morgan fingerprint density at radius 2 is 1.85 bits per heavy atom. The zero-order valence-electron chi connectivity index (χ0n) is 11.7. The molecule has 2 fully saturated rings. The van der Waals surface area contributed by atoms with Crippen LogP contribution in [0.3, 0.4) is 0 Å². The third kappa shape index (κ3) is 3.17. The van der Waals surface area contributed by atoms with E-state index >= 15 is 0 Å². The molecule has 0 bridgehead atoms. The first-order chi connectivity index (χ1) is 9.83. The highest BCUT2D eigenvalue weighted by Gasteiger charge is 2.26. The van der Waals surface area contributed by atoms with E-state index < -0.39 is 0 Å². The Labute approximate surface area is 118 Å². The van der Waals surface area contributed by atoms with E-state index in [0.29, 0.717) is 24.9 Å². The van der Waals surface area contributed by atoms with Crippen LogP contribution in [0.2, 0.25) is 0 Å². The summed E-state index contributed by atoms with van der Waals surface area (Å²) in [5.74, 6) is 1.90. The van der Waals surface area contributed by atoms with E-state index in [2.05, 4.69) is 20.8 Å². The average Bonchev–Trinajstić information content (AvgIpc) is 2.89. The van der Waals surface area contributed by atoms with Crippen molar-refractivity contribution in [2.24, 2.45) is 0 Å². The molecule has 2 heterocycles. The molecule has 1 aromatic rings. The van der Waals surface area contributed by atoms with Crippen LogP contribution in [0.25, 0.3) is 0 Å². The van der Waals surface area contributed by atoms with Crippen LogP contribution in [0, 0.1) is 0 Å². The summed E-state index contributed by atoms with van der Waals surface area (Å²) in [6.07, 6.45) is 8.82. The molecule has 110 valence electrons. The maximum atomic E-state index is 11.1. The quantitative estimate of drug-likeness (QED) is 0.860. The largest absolute Gasteiger partial charge is 0.353 e. The van der Waals surface area contributed by atoms with Gasteiger partial charge < -0.3 is 9.84 Å². The number of hydrogen-bond donors (Lipinski definition) is 2. The van der Waals surface area contributed by atoms with E-state index in [1.165, 1.54) is 32.1 Å². The molecular weight excluding hydrogens is 256 g/mol. The fraction of sp³-hybridized carbons (Fsp3) is 0.786. The van der Waals surface area contributed by atoms with Gasteiger partial charge in [-0.05, 0) is 12.8 Å². The molecule has 0 spiro atoms. The lowest BCUT2D eigenvalue weighted by atomic mass is 9.91. The SMILES string of the molecule is O=C1CNC(c2nc(C3CCCCCCC3)no2)CN1. The van der Waals surface area contributed by atoms with Crippen molar-refractivity contribution in [2.75, 3.05) is 13.1 Å². The molecule has 0 radical (unpaired) electrons. The zero-order valence-corrected chi connectivity index (χ0v) is 11.7. The van der Waals surface area contributed by atoms with Crippen molar-refractivity contribution in [2.45, 2.75) is 56.9 Å². The zero-order chi connectivity index (χ0) is 13.8. The van der Waals surface area contributed by atoms with E-state index in [1.807, 2.05) is 0 Å². The molecule has 1 saturated heterocycles. The van der Waals surface area contributed by atoms with Crippen LogP contribution >= 0.6 is 0 Å². The Morgan fingerprint density at radius 1 is 1.10 bits per heavy atom. The third-order valence-corrected chi connectivity index (χ3v) is 4.24. The van der Waals surface area contributed by atoms with E-state index in [-0.39, 0.29) is 11.9 Å². The number of rotatable bonds is 2. The Bertz CT molecular complexity index is 442. The normalized spacial score (nSPS) is 25.8. The fourth-order valence-corrected chi connectivity index (χ4v) is 3.01. The van der Waals surface area contributed by atoms with Gasteiger partial charge in [0.25, 0.3) is 0 Å². The second-order valence-electron chi connectivity index (χ2n) is 5.77. The van der Waals surface area contributed by atoms with Crippen molar-refractivity contribution in [3.05, 3.63) is 11.7 Å². The molecule has 2 N–H and O–H groups in total. The monoisotopic (exact) mass is 278 g/mol. The van der Waals surface area contributed by atoms with Gasteiger partial charge in [-0.25, -0.2) is 0 Å². The number of hydrogen-bond acceptors (Lipinski definition) is 5. The molecule has 3 rings (SSSR count). The number of nitrogens with zero attached hydrogens (tertiary/aromatic N) is 2. The second kappa shape index (κ2) is 6.35. The predicted octanol–water partition coefficient (Wildman–Crippen LogP) is 1.66. The minimum atomic E-state index is -0.0532. The topological polar surface area (TPSA) is 80.1 Å². The predicted molar refractivity (Wildman–Crippen MR) is 73.1 cm³/mol. The Kier molecular flexibility index (Phi) is 4.30. The summed E-state index contributed by atoms with van der Waals surface area (Å²) in [4.78, 5) is 15.7. The lowest BCUT2D eigenvalue weighted by Crippen LogP contribution is -2.47. The standard InChI is InChI=1S/C14H22N4O2/c19-12-9-15-11(8-16-12)14-17-13(18-20-14)10-6-4-2-1-3-5-7-10/h10-11,15H,1-9H2,(H,16,19). The van der Waals surface area contributed by atoms with Crippen molar-refractivity contribution in [1.82, 2.24) is 20.8 Å². The number of amides is 1. The Morgan fingerprint density at radius 3 is 2.55 bits per heavy atom. The lowest BCUT2D eigenvalue weighted by molar-refractivity contribution is -0.121. The minimum absolute atomic E-state index is 0.0148. The molecule has 20 heavy (non-hydrogen) atoms. The summed E-state index contributed by atoms with van der Waals surface area (Å²) < 4.78 is 5.39. The van der Waals surface area contributed by atoms with Crippen LogP contribution < -0.4 is 10.6 Å². The first-order valence-electron chi connectivity index (χ1n) is 7.66. The molecule has 1 aromatic heterocycles. The van der Waals surface area contributed by atoms with Gasteiger partial charge in [-0.2, -0.15) is 4.98 Å². The van der Waals surface area contributed by atoms with Crippen LogP contribution in [0.4, 0.5) is 0 Å². The van der Waals surface area contributed by atoms with Crippen LogP contribution in [0.1, 0.15) is 68.6 Å². The Balaban J connectivity index is 1.64. The molecule has 1 unspecified atom stereocenters. The highest BCUT2D eigenvalue weighted by molar-refractivity contribution is 5.78. The van der Waals surface area contributed by atoms with Gasteiger partial charge in [0.15, 0.2) is 5.82 Å². The number of carbonyl (C=O) groups excluding carboxylic acids is 1. The molecule has 1 saturated carbocycles. The summed E-state index contributed by atoms with van der Waals surface area (Å²) in [6.45, 7) is 0.830. The summed E-state index contributed by atoms with van der Waals surface area (Å²) >= 11 is 0. The molecule has 2 aliphatic rings. The van der Waals surface area contributed by atoms with Gasteiger partial charge in [-0.15, -0.1) is 0 Å². The van der Waals surface area contributed by atoms with E-state index in [4.69, 9.17) is 4.52 Å². The molecule has 6 heteroatoms. The van der Waals surface area contributed by atoms with E-state index in [0.717, 1.165) is 18.7 Å². The van der Waals surface area contributed by atoms with Gasteiger partial charge in [0.2, 0.25) is 11.8 Å². The van der Waals surface area contributed by atoms with Crippen molar-refractivity contribution in [3.63, 3.8) is 0 Å². The summed E-state index contributed by atoms with van der Waals surface area (Å²) in [5, 5.41) is 10.1. The molecule has 1 amide bonds. The summed E-state index contributed by atoms with van der Waals surface area (Å²) in [5.41, 5.74) is 0. The number of aromatic nitrogens is 2. The maximum absolute atomic E-state index is 11.1. The smallest absolute Gasteiger partial charge is 0.245 e. The van der Waals surface area contributed by atoms with E-state index in [9.17, 15) is 4.79 Å². The highest BCUT2D eigenvalue weighted by atomic mass is 16.5. The van der Waals surface area contributed by atoms with Crippen LogP contribution in [0.5, 0.6) is 0 Å². The molecule has 1 atom stereocenters. The first kappa shape index (κ1) is 13.5. The first-order valence-corrected chi connectivity index (χ1v) is 7.66. The van der Waals surface area contributed by atoms with Gasteiger partial charge >= 0.3 is 0 Å². The van der Waals surface area contributed by atoms with Crippen molar-refractivity contribution >= 4 is 5.91 Å². The maximum Gasteiger partial charge on any atom is 0.245 e. The van der Waals surface area contributed by atoms with Gasteiger partial charge in [-0.1, -0.05) is 37.3 Å². The van der Waals surface area contributed by atoms with Crippen LogP contribution in [0.15, 0.2) is 4.52 Å². The Hall–Kier alpha value is -1.43. The number of nitrogens with one attached hydrogen (secondary N) is 2. The third-order valence-electron chi connectivity index (χ3n) is 4.24. The fourth-order valence-electron chi connectivity index (χ4n) is 3.01. The van der Waals surface area contributed by atoms with Crippen molar-refractivity contribution in [3.8, 4) is 0 Å². The van der Waals surface area contributed by atoms with Gasteiger partial charge in [0.05, 0.1) is 6.54 Å². The molecular formula is C14H22N4O2. The minimum Gasteiger partial charge on any atom is -0.353 e. The van der Waals surface area contributed by atoms with Crippen molar-refractivity contribution in [1.29, 1.82) is 0 Å². The van der Waals surface area contributed by atoms with Gasteiger partial charge in [0, 0.05) is 12.5 Å². The molecule has 1 aliphatic carbocycles. The average molecular weight is 278 g/mol. The second-order valence-corrected chi connectivity index (χ2v) is 5.77. The molecule has 6 nitrogen and oxygen atoms in total.